The maximum absolute atomic E-state index is 9.90. The summed E-state index contributed by atoms with van der Waals surface area (Å²) in [5.74, 6) is 0.976. The summed E-state index contributed by atoms with van der Waals surface area (Å²) in [6, 6.07) is 5.81. The normalized spacial score (nSPS) is 28.7. The van der Waals surface area contributed by atoms with Crippen LogP contribution in [-0.2, 0) is 11.2 Å². The van der Waals surface area contributed by atoms with Gasteiger partial charge in [0.05, 0.1) is 12.7 Å². The van der Waals surface area contributed by atoms with Crippen molar-refractivity contribution in [1.82, 2.24) is 5.32 Å². The highest BCUT2D eigenvalue weighted by Crippen LogP contribution is 2.38. The summed E-state index contributed by atoms with van der Waals surface area (Å²) >= 11 is 0. The second-order valence-electron chi connectivity index (χ2n) is 4.99. The van der Waals surface area contributed by atoms with Crippen molar-refractivity contribution in [2.75, 3.05) is 19.7 Å². The lowest BCUT2D eigenvalue weighted by molar-refractivity contribution is -0.00650. The minimum Gasteiger partial charge on any atom is -0.508 e. The molecule has 0 amide bonds. The van der Waals surface area contributed by atoms with Gasteiger partial charge >= 0.3 is 0 Å². The molecule has 2 aliphatic heterocycles. The van der Waals surface area contributed by atoms with Gasteiger partial charge in [-0.1, -0.05) is 12.1 Å². The van der Waals surface area contributed by atoms with Gasteiger partial charge in [-0.2, -0.15) is 0 Å². The van der Waals surface area contributed by atoms with Crippen LogP contribution in [0.15, 0.2) is 18.2 Å². The van der Waals surface area contributed by atoms with E-state index in [2.05, 4.69) is 11.4 Å². The van der Waals surface area contributed by atoms with Crippen LogP contribution in [0.4, 0.5) is 0 Å². The van der Waals surface area contributed by atoms with Crippen molar-refractivity contribution >= 4 is 0 Å². The third kappa shape index (κ3) is 2.05. The molecule has 92 valence electrons. The van der Waals surface area contributed by atoms with Crippen molar-refractivity contribution in [1.29, 1.82) is 0 Å². The molecule has 0 bridgehead atoms. The maximum Gasteiger partial charge on any atom is 0.119 e. The first-order valence-corrected chi connectivity index (χ1v) is 6.49. The van der Waals surface area contributed by atoms with Gasteiger partial charge in [-0.25, -0.2) is 0 Å². The molecule has 1 saturated heterocycles. The number of aromatic hydroxyl groups is 1. The minimum atomic E-state index is 0.165. The monoisotopic (exact) mass is 233 g/mol. The van der Waals surface area contributed by atoms with E-state index in [9.17, 15) is 5.11 Å². The summed E-state index contributed by atoms with van der Waals surface area (Å²) in [7, 11) is 0. The van der Waals surface area contributed by atoms with E-state index in [4.69, 9.17) is 4.74 Å². The molecule has 2 aliphatic rings. The molecule has 1 aromatic rings. The molecule has 2 unspecified atom stereocenters. The fourth-order valence-electron chi connectivity index (χ4n) is 3.04. The van der Waals surface area contributed by atoms with Crippen molar-refractivity contribution in [3.8, 4) is 5.75 Å². The molecule has 3 nitrogen and oxygen atoms in total. The molecule has 17 heavy (non-hydrogen) atoms. The Kier molecular flexibility index (Phi) is 3.04. The van der Waals surface area contributed by atoms with Crippen molar-refractivity contribution < 1.29 is 9.84 Å². The lowest BCUT2D eigenvalue weighted by Crippen LogP contribution is -2.35. The molecule has 1 aromatic carbocycles. The number of ether oxygens (including phenoxy) is 1. The third-order valence-corrected chi connectivity index (χ3v) is 3.91. The highest BCUT2D eigenvalue weighted by molar-refractivity contribution is 5.42. The van der Waals surface area contributed by atoms with Crippen LogP contribution < -0.4 is 5.32 Å². The molecule has 0 aromatic heterocycles. The van der Waals surface area contributed by atoms with Gasteiger partial charge in [0.25, 0.3) is 0 Å². The smallest absolute Gasteiger partial charge is 0.119 e. The third-order valence-electron chi connectivity index (χ3n) is 3.91. The highest BCUT2D eigenvalue weighted by atomic mass is 16.5. The fraction of sp³-hybridized carbons (Fsp3) is 0.571. The molecule has 2 atom stereocenters. The number of hydrogen-bond acceptors (Lipinski definition) is 3. The van der Waals surface area contributed by atoms with Gasteiger partial charge in [0.2, 0.25) is 0 Å². The van der Waals surface area contributed by atoms with E-state index in [1.807, 2.05) is 6.07 Å². The summed E-state index contributed by atoms with van der Waals surface area (Å²) < 4.78 is 5.95. The van der Waals surface area contributed by atoms with Crippen molar-refractivity contribution in [2.45, 2.75) is 25.4 Å². The summed E-state index contributed by atoms with van der Waals surface area (Å²) in [4.78, 5) is 0. The molecule has 3 rings (SSSR count). The molecular weight excluding hydrogens is 214 g/mol. The van der Waals surface area contributed by atoms with E-state index < -0.39 is 0 Å². The first-order chi connectivity index (χ1) is 8.36. The number of hydrogen-bond donors (Lipinski definition) is 2. The van der Waals surface area contributed by atoms with E-state index >= 15 is 0 Å². The Hall–Kier alpha value is -1.06. The van der Waals surface area contributed by atoms with Crippen molar-refractivity contribution in [3.05, 3.63) is 29.3 Å². The maximum atomic E-state index is 9.90. The number of phenols is 1. The van der Waals surface area contributed by atoms with Gasteiger partial charge in [-0.05, 0) is 37.4 Å². The van der Waals surface area contributed by atoms with E-state index in [1.165, 1.54) is 18.4 Å². The van der Waals surface area contributed by atoms with Crippen LogP contribution in [0.25, 0.3) is 0 Å². The van der Waals surface area contributed by atoms with Gasteiger partial charge in [-0.3, -0.25) is 0 Å². The Labute approximate surface area is 102 Å². The zero-order chi connectivity index (χ0) is 11.7. The highest BCUT2D eigenvalue weighted by Gasteiger charge is 2.30. The molecule has 2 heterocycles. The number of nitrogens with one attached hydrogen (secondary N) is 1. The Morgan fingerprint density at radius 2 is 2.29 bits per heavy atom. The van der Waals surface area contributed by atoms with Gasteiger partial charge in [-0.15, -0.1) is 0 Å². The molecular formula is C14H19NO2. The molecule has 3 heteroatoms. The number of rotatable bonds is 1. The van der Waals surface area contributed by atoms with Gasteiger partial charge < -0.3 is 15.2 Å². The van der Waals surface area contributed by atoms with E-state index in [1.54, 1.807) is 6.07 Å². The number of phenolic OH excluding ortho intramolecular Hbond substituents is 1. The predicted molar refractivity (Wildman–Crippen MR) is 66.1 cm³/mol. The lowest BCUT2D eigenvalue weighted by Gasteiger charge is -2.35. The van der Waals surface area contributed by atoms with Gasteiger partial charge in [0.1, 0.15) is 5.75 Å². The van der Waals surface area contributed by atoms with Crippen molar-refractivity contribution in [3.63, 3.8) is 0 Å². The standard InChI is InChI=1S/C14H19NO2/c16-13-5-1-4-12-11(13)6-8-17-14(12)10-3-2-7-15-9-10/h1,4-5,10,14-16H,2-3,6-9H2. The fourth-order valence-corrected chi connectivity index (χ4v) is 3.04. The van der Waals surface area contributed by atoms with Crippen LogP contribution in [0.1, 0.15) is 30.1 Å². The average Bonchev–Trinajstić information content (AvgIpc) is 2.40. The average molecular weight is 233 g/mol. The summed E-state index contributed by atoms with van der Waals surface area (Å²) in [5.41, 5.74) is 2.29. The largest absolute Gasteiger partial charge is 0.508 e. The molecule has 2 N–H and O–H groups in total. The molecule has 1 fully saturated rings. The van der Waals surface area contributed by atoms with Crippen LogP contribution in [0.2, 0.25) is 0 Å². The number of benzene rings is 1. The first kappa shape index (κ1) is 11.1. The van der Waals surface area contributed by atoms with E-state index in [0.717, 1.165) is 31.7 Å². The van der Waals surface area contributed by atoms with Crippen LogP contribution in [0.5, 0.6) is 5.75 Å². The predicted octanol–water partition coefficient (Wildman–Crippen LogP) is 2.01. The van der Waals surface area contributed by atoms with Gasteiger partial charge in [0.15, 0.2) is 0 Å². The first-order valence-electron chi connectivity index (χ1n) is 6.49. The Morgan fingerprint density at radius 3 is 3.12 bits per heavy atom. The van der Waals surface area contributed by atoms with Gasteiger partial charge in [0, 0.05) is 18.0 Å². The molecule has 0 radical (unpaired) electrons. The number of fused-ring (bicyclic) bond motifs is 1. The topological polar surface area (TPSA) is 41.5 Å². The van der Waals surface area contributed by atoms with Crippen molar-refractivity contribution in [2.24, 2.45) is 5.92 Å². The minimum absolute atomic E-state index is 0.165. The summed E-state index contributed by atoms with van der Waals surface area (Å²) in [6.45, 7) is 2.88. The van der Waals surface area contributed by atoms with Crippen LogP contribution in [-0.4, -0.2) is 24.8 Å². The second-order valence-corrected chi connectivity index (χ2v) is 4.99. The van der Waals surface area contributed by atoms with E-state index in [-0.39, 0.29) is 6.10 Å². The second kappa shape index (κ2) is 4.67. The molecule has 0 spiro atoms. The zero-order valence-electron chi connectivity index (χ0n) is 9.98. The Morgan fingerprint density at radius 1 is 1.35 bits per heavy atom. The summed E-state index contributed by atoms with van der Waals surface area (Å²) in [6.07, 6.45) is 3.43. The number of piperidine rings is 1. The van der Waals surface area contributed by atoms with Crippen LogP contribution >= 0.6 is 0 Å². The Bertz CT molecular complexity index is 399. The van der Waals surface area contributed by atoms with Crippen LogP contribution in [0, 0.1) is 5.92 Å². The molecule has 0 saturated carbocycles. The quantitative estimate of drug-likeness (QED) is 0.779. The lowest BCUT2D eigenvalue weighted by atomic mass is 9.85. The zero-order valence-corrected chi connectivity index (χ0v) is 9.98. The Balaban J connectivity index is 1.90. The SMILES string of the molecule is Oc1cccc2c1CCOC2C1CCCNC1. The van der Waals surface area contributed by atoms with Crippen LogP contribution in [0.3, 0.4) is 0 Å². The van der Waals surface area contributed by atoms with E-state index in [0.29, 0.717) is 11.7 Å². The summed E-state index contributed by atoms with van der Waals surface area (Å²) in [5, 5.41) is 13.3. The molecule has 0 aliphatic carbocycles.